The van der Waals surface area contributed by atoms with E-state index >= 15 is 0 Å². The van der Waals surface area contributed by atoms with E-state index in [1.54, 1.807) is 0 Å². The van der Waals surface area contributed by atoms with Crippen LogP contribution in [0.1, 0.15) is 31.7 Å². The van der Waals surface area contributed by atoms with Gasteiger partial charge < -0.3 is 5.32 Å². The van der Waals surface area contributed by atoms with Crippen molar-refractivity contribution in [3.05, 3.63) is 35.9 Å². The monoisotopic (exact) mass is 295 g/mol. The van der Waals surface area contributed by atoms with Gasteiger partial charge in [-0.05, 0) is 31.2 Å². The summed E-state index contributed by atoms with van der Waals surface area (Å²) in [6, 6.07) is 10.1. The van der Waals surface area contributed by atoms with Crippen LogP contribution < -0.4 is 5.32 Å². The third kappa shape index (κ3) is 3.32. The fraction of sp³-hybridized carbons (Fsp3) is 0.500. The molecular formula is C14H18BrNO. The van der Waals surface area contributed by atoms with Gasteiger partial charge in [-0.1, -0.05) is 46.3 Å². The van der Waals surface area contributed by atoms with Gasteiger partial charge in [-0.15, -0.1) is 0 Å². The number of rotatable bonds is 5. The molecule has 1 aliphatic rings. The Balaban J connectivity index is 2.05. The molecule has 0 aliphatic heterocycles. The zero-order chi connectivity index (χ0) is 12.3. The summed E-state index contributed by atoms with van der Waals surface area (Å²) >= 11 is 3.50. The van der Waals surface area contributed by atoms with E-state index in [0.717, 1.165) is 10.9 Å². The van der Waals surface area contributed by atoms with Crippen LogP contribution in [0.2, 0.25) is 0 Å². The van der Waals surface area contributed by atoms with Crippen LogP contribution in [0, 0.1) is 5.92 Å². The molecule has 92 valence electrons. The number of halogens is 1. The minimum atomic E-state index is -0.312. The maximum Gasteiger partial charge on any atom is 0.220 e. The molecule has 0 aromatic heterocycles. The highest BCUT2D eigenvalue weighted by molar-refractivity contribution is 9.09. The highest BCUT2D eigenvalue weighted by atomic mass is 79.9. The molecule has 0 spiro atoms. The van der Waals surface area contributed by atoms with E-state index in [9.17, 15) is 4.79 Å². The molecule has 1 aromatic carbocycles. The van der Waals surface area contributed by atoms with E-state index in [-0.39, 0.29) is 11.4 Å². The quantitative estimate of drug-likeness (QED) is 0.831. The lowest BCUT2D eigenvalue weighted by molar-refractivity contribution is -0.123. The summed E-state index contributed by atoms with van der Waals surface area (Å²) in [5.41, 5.74) is 0.828. The van der Waals surface area contributed by atoms with E-state index < -0.39 is 0 Å². The molecule has 0 heterocycles. The zero-order valence-corrected chi connectivity index (χ0v) is 11.7. The minimum absolute atomic E-state index is 0.165. The zero-order valence-electron chi connectivity index (χ0n) is 10.1. The Morgan fingerprint density at radius 2 is 2.06 bits per heavy atom. The summed E-state index contributed by atoms with van der Waals surface area (Å²) in [6.45, 7) is 2.06. The lowest BCUT2D eigenvalue weighted by Gasteiger charge is -2.29. The molecule has 1 amide bonds. The molecule has 2 nitrogen and oxygen atoms in total. The van der Waals surface area contributed by atoms with E-state index in [1.165, 1.54) is 12.8 Å². The van der Waals surface area contributed by atoms with Gasteiger partial charge in [0.25, 0.3) is 0 Å². The normalized spacial score (nSPS) is 18.5. The maximum absolute atomic E-state index is 11.9. The van der Waals surface area contributed by atoms with Crippen molar-refractivity contribution in [3.8, 4) is 0 Å². The van der Waals surface area contributed by atoms with Crippen molar-refractivity contribution in [2.24, 2.45) is 5.92 Å². The molecule has 1 unspecified atom stereocenters. The van der Waals surface area contributed by atoms with Gasteiger partial charge >= 0.3 is 0 Å². The van der Waals surface area contributed by atoms with Crippen molar-refractivity contribution < 1.29 is 4.79 Å². The first kappa shape index (κ1) is 12.6. The van der Waals surface area contributed by atoms with Crippen LogP contribution in [0.15, 0.2) is 30.3 Å². The Hall–Kier alpha value is -0.830. The van der Waals surface area contributed by atoms with Crippen molar-refractivity contribution >= 4 is 21.8 Å². The molecule has 1 fully saturated rings. The first-order chi connectivity index (χ1) is 8.14. The minimum Gasteiger partial charge on any atom is -0.346 e. The summed E-state index contributed by atoms with van der Waals surface area (Å²) in [6.07, 6.45) is 3.10. The summed E-state index contributed by atoms with van der Waals surface area (Å²) < 4.78 is 0. The fourth-order valence-electron chi connectivity index (χ4n) is 1.93. The van der Waals surface area contributed by atoms with Gasteiger partial charge in [0.15, 0.2) is 0 Å². The number of carbonyl (C=O) groups is 1. The van der Waals surface area contributed by atoms with Gasteiger partial charge in [-0.3, -0.25) is 4.79 Å². The molecule has 1 aliphatic carbocycles. The van der Waals surface area contributed by atoms with Gasteiger partial charge in [0.05, 0.1) is 5.54 Å². The van der Waals surface area contributed by atoms with Crippen LogP contribution in [-0.4, -0.2) is 11.2 Å². The highest BCUT2D eigenvalue weighted by Gasteiger charge is 2.30. The number of nitrogens with one attached hydrogen (secondary N) is 1. The molecule has 1 atom stereocenters. The Labute approximate surface area is 111 Å². The molecule has 1 N–H and O–H groups in total. The molecule has 0 radical (unpaired) electrons. The third-order valence-electron chi connectivity index (χ3n) is 3.26. The van der Waals surface area contributed by atoms with Crippen LogP contribution >= 0.6 is 15.9 Å². The lowest BCUT2D eigenvalue weighted by Crippen LogP contribution is -2.45. The fourth-order valence-corrected chi connectivity index (χ4v) is 2.40. The van der Waals surface area contributed by atoms with Gasteiger partial charge in [0.1, 0.15) is 0 Å². The highest BCUT2D eigenvalue weighted by Crippen LogP contribution is 2.33. The van der Waals surface area contributed by atoms with Crippen LogP contribution in [0.25, 0.3) is 0 Å². The van der Waals surface area contributed by atoms with Crippen LogP contribution in [0.3, 0.4) is 0 Å². The van der Waals surface area contributed by atoms with Crippen LogP contribution in [0.5, 0.6) is 0 Å². The second-order valence-corrected chi connectivity index (χ2v) is 5.59. The molecule has 3 heteroatoms. The van der Waals surface area contributed by atoms with Gasteiger partial charge in [0.2, 0.25) is 5.91 Å². The first-order valence-corrected chi connectivity index (χ1v) is 7.19. The molecular weight excluding hydrogens is 278 g/mol. The number of amides is 1. The maximum atomic E-state index is 11.9. The average molecular weight is 296 g/mol. The Kier molecular flexibility index (Phi) is 3.87. The van der Waals surface area contributed by atoms with Gasteiger partial charge in [-0.2, -0.15) is 0 Å². The predicted molar refractivity (Wildman–Crippen MR) is 73.1 cm³/mol. The molecule has 17 heavy (non-hydrogen) atoms. The van der Waals surface area contributed by atoms with Gasteiger partial charge in [-0.25, -0.2) is 0 Å². The van der Waals surface area contributed by atoms with E-state index in [1.807, 2.05) is 18.2 Å². The van der Waals surface area contributed by atoms with Crippen molar-refractivity contribution in [3.63, 3.8) is 0 Å². The van der Waals surface area contributed by atoms with Crippen molar-refractivity contribution in [1.82, 2.24) is 5.32 Å². The van der Waals surface area contributed by atoms with Crippen molar-refractivity contribution in [2.45, 2.75) is 31.7 Å². The number of hydrogen-bond donors (Lipinski definition) is 1. The molecule has 1 saturated carbocycles. The number of carbonyl (C=O) groups excluding carboxylic acids is 1. The summed E-state index contributed by atoms with van der Waals surface area (Å²) in [7, 11) is 0. The van der Waals surface area contributed by atoms with Crippen molar-refractivity contribution in [2.75, 3.05) is 5.33 Å². The third-order valence-corrected chi connectivity index (χ3v) is 4.39. The summed E-state index contributed by atoms with van der Waals surface area (Å²) in [5.74, 6) is 0.795. The van der Waals surface area contributed by atoms with E-state index in [4.69, 9.17) is 0 Å². The SMILES string of the molecule is CC(CBr)(NC(=O)CC1CC1)c1ccccc1. The topological polar surface area (TPSA) is 29.1 Å². The van der Waals surface area contributed by atoms with Gasteiger partial charge in [0, 0.05) is 11.8 Å². The van der Waals surface area contributed by atoms with E-state index in [0.29, 0.717) is 12.3 Å². The molecule has 0 bridgehead atoms. The number of benzene rings is 1. The van der Waals surface area contributed by atoms with Crippen LogP contribution in [0.4, 0.5) is 0 Å². The number of alkyl halides is 1. The smallest absolute Gasteiger partial charge is 0.220 e. The first-order valence-electron chi connectivity index (χ1n) is 6.06. The predicted octanol–water partition coefficient (Wildman–Crippen LogP) is 3.21. The average Bonchev–Trinajstić information content (AvgIpc) is 3.13. The summed E-state index contributed by atoms with van der Waals surface area (Å²) in [5, 5.41) is 3.87. The molecule has 2 rings (SSSR count). The molecule has 0 saturated heterocycles. The summed E-state index contributed by atoms with van der Waals surface area (Å²) in [4.78, 5) is 11.9. The van der Waals surface area contributed by atoms with E-state index in [2.05, 4.69) is 40.3 Å². The lowest BCUT2D eigenvalue weighted by atomic mass is 9.94. The second-order valence-electron chi connectivity index (χ2n) is 5.03. The molecule has 1 aromatic rings. The number of hydrogen-bond acceptors (Lipinski definition) is 1. The Bertz CT molecular complexity index is 388. The Morgan fingerprint density at radius 3 is 2.59 bits per heavy atom. The van der Waals surface area contributed by atoms with Crippen LogP contribution in [-0.2, 0) is 10.3 Å². The Morgan fingerprint density at radius 1 is 1.41 bits per heavy atom. The second kappa shape index (κ2) is 5.21. The largest absolute Gasteiger partial charge is 0.346 e. The van der Waals surface area contributed by atoms with Crippen molar-refractivity contribution in [1.29, 1.82) is 0 Å². The standard InChI is InChI=1S/C14H18BrNO/c1-14(10-15,12-5-3-2-4-6-12)16-13(17)9-11-7-8-11/h2-6,11H,7-10H2,1H3,(H,16,17).